The number of fused-ring (bicyclic) bond motifs is 1. The summed E-state index contributed by atoms with van der Waals surface area (Å²) in [5, 5.41) is 33.6. The van der Waals surface area contributed by atoms with Crippen molar-refractivity contribution in [2.45, 2.75) is 13.5 Å². The number of nitrogens with one attached hydrogen (secondary N) is 1. The van der Waals surface area contributed by atoms with Crippen LogP contribution in [0.5, 0.6) is 5.75 Å². The number of anilines is 1. The molecule has 0 aliphatic rings. The number of para-hydroxylation sites is 1. The number of carbonyl (C=O) groups excluding carboxylic acids is 1. The number of phenols is 1. The molecular formula is C26H20N4O4. The molecular weight excluding hydrogens is 432 g/mol. The van der Waals surface area contributed by atoms with Crippen molar-refractivity contribution in [3.05, 3.63) is 105 Å². The first kappa shape index (κ1) is 22.3. The van der Waals surface area contributed by atoms with Gasteiger partial charge in [-0.15, -0.1) is 0 Å². The molecule has 0 unspecified atom stereocenters. The summed E-state index contributed by atoms with van der Waals surface area (Å²) in [6, 6.07) is 22.0. The minimum Gasteiger partial charge on any atom is -0.508 e. The van der Waals surface area contributed by atoms with E-state index < -0.39 is 10.8 Å². The van der Waals surface area contributed by atoms with Crippen LogP contribution < -0.4 is 5.32 Å². The van der Waals surface area contributed by atoms with Crippen molar-refractivity contribution in [1.82, 2.24) is 4.57 Å². The molecule has 0 saturated heterocycles. The van der Waals surface area contributed by atoms with Gasteiger partial charge in [-0.25, -0.2) is 0 Å². The number of rotatable bonds is 6. The fourth-order valence-electron chi connectivity index (χ4n) is 3.79. The average molecular weight is 452 g/mol. The molecule has 0 aliphatic heterocycles. The summed E-state index contributed by atoms with van der Waals surface area (Å²) in [4.78, 5) is 23.2. The highest BCUT2D eigenvalue weighted by Gasteiger charge is 2.16. The number of nitrogens with zero attached hydrogens (tertiary/aromatic N) is 3. The van der Waals surface area contributed by atoms with E-state index in [1.807, 2.05) is 37.3 Å². The number of aromatic nitrogens is 1. The van der Waals surface area contributed by atoms with Crippen LogP contribution in [0.1, 0.15) is 16.8 Å². The zero-order valence-corrected chi connectivity index (χ0v) is 18.2. The largest absolute Gasteiger partial charge is 0.508 e. The van der Waals surface area contributed by atoms with Crippen LogP contribution in [0.25, 0.3) is 17.0 Å². The summed E-state index contributed by atoms with van der Waals surface area (Å²) in [7, 11) is 0. The molecule has 2 N–H and O–H groups in total. The van der Waals surface area contributed by atoms with Crippen molar-refractivity contribution < 1.29 is 14.8 Å². The molecule has 0 bridgehead atoms. The van der Waals surface area contributed by atoms with Gasteiger partial charge in [-0.05, 0) is 48.9 Å². The maximum atomic E-state index is 12.7. The number of nitriles is 1. The van der Waals surface area contributed by atoms with Gasteiger partial charge >= 0.3 is 0 Å². The molecule has 4 rings (SSSR count). The fourth-order valence-corrected chi connectivity index (χ4v) is 3.79. The molecule has 0 spiro atoms. The molecule has 0 fully saturated rings. The monoisotopic (exact) mass is 452 g/mol. The van der Waals surface area contributed by atoms with Crippen LogP contribution in [0.2, 0.25) is 0 Å². The topological polar surface area (TPSA) is 121 Å². The van der Waals surface area contributed by atoms with Crippen molar-refractivity contribution in [2.75, 3.05) is 5.32 Å². The lowest BCUT2D eigenvalue weighted by Crippen LogP contribution is -2.13. The number of benzene rings is 3. The van der Waals surface area contributed by atoms with Gasteiger partial charge in [-0.2, -0.15) is 5.26 Å². The van der Waals surface area contributed by atoms with Gasteiger partial charge in [0.05, 0.1) is 4.92 Å². The molecule has 0 atom stereocenters. The van der Waals surface area contributed by atoms with Gasteiger partial charge in [-0.1, -0.05) is 30.3 Å². The van der Waals surface area contributed by atoms with E-state index in [-0.39, 0.29) is 17.0 Å². The number of nitro benzene ring substituents is 1. The summed E-state index contributed by atoms with van der Waals surface area (Å²) in [5.41, 5.74) is 3.83. The van der Waals surface area contributed by atoms with Crippen molar-refractivity contribution in [1.29, 1.82) is 5.26 Å². The highest BCUT2D eigenvalue weighted by Crippen LogP contribution is 2.29. The average Bonchev–Trinajstić information content (AvgIpc) is 3.10. The highest BCUT2D eigenvalue weighted by molar-refractivity contribution is 6.11. The van der Waals surface area contributed by atoms with Crippen LogP contribution in [0.4, 0.5) is 11.4 Å². The number of hydrogen-bond donors (Lipinski definition) is 2. The molecule has 4 aromatic rings. The Bertz CT molecular complexity index is 1460. The van der Waals surface area contributed by atoms with E-state index in [2.05, 4.69) is 9.88 Å². The quantitative estimate of drug-likeness (QED) is 0.138. The standard InChI is InChI=1S/C26H20N4O4/c1-17-24(14-19(15-27)26(32)28-20-8-12-22(31)13-9-20)23-4-2-3-5-25(23)29(17)16-18-6-10-21(11-7-18)30(33)34/h2-14,31H,16H2,1H3,(H,28,32)/b19-14-. The first-order valence-corrected chi connectivity index (χ1v) is 10.4. The summed E-state index contributed by atoms with van der Waals surface area (Å²) in [6.07, 6.45) is 1.57. The van der Waals surface area contributed by atoms with E-state index in [9.17, 15) is 25.3 Å². The molecule has 0 saturated carbocycles. The molecule has 1 amide bonds. The number of nitro groups is 1. The lowest BCUT2D eigenvalue weighted by atomic mass is 10.1. The number of carbonyl (C=O) groups is 1. The number of amides is 1. The Morgan fingerprint density at radius 1 is 1.12 bits per heavy atom. The Morgan fingerprint density at radius 2 is 1.79 bits per heavy atom. The van der Waals surface area contributed by atoms with Crippen LogP contribution in [-0.4, -0.2) is 20.5 Å². The Morgan fingerprint density at radius 3 is 2.44 bits per heavy atom. The van der Waals surface area contributed by atoms with Crippen LogP contribution in [0.3, 0.4) is 0 Å². The van der Waals surface area contributed by atoms with Crippen molar-refractivity contribution in [3.8, 4) is 11.8 Å². The molecule has 8 nitrogen and oxygen atoms in total. The zero-order chi connectivity index (χ0) is 24.2. The fraction of sp³-hybridized carbons (Fsp3) is 0.0769. The van der Waals surface area contributed by atoms with E-state index in [0.717, 1.165) is 27.7 Å². The Kier molecular flexibility index (Phi) is 6.10. The minimum atomic E-state index is -0.556. The first-order chi connectivity index (χ1) is 16.4. The van der Waals surface area contributed by atoms with Crippen molar-refractivity contribution in [2.24, 2.45) is 0 Å². The van der Waals surface area contributed by atoms with Gasteiger partial charge in [0, 0.05) is 46.5 Å². The van der Waals surface area contributed by atoms with Crippen molar-refractivity contribution in [3.63, 3.8) is 0 Å². The third-order valence-electron chi connectivity index (χ3n) is 5.55. The van der Waals surface area contributed by atoms with Crippen LogP contribution in [-0.2, 0) is 11.3 Å². The van der Waals surface area contributed by atoms with E-state index in [1.165, 1.54) is 24.3 Å². The van der Waals surface area contributed by atoms with Gasteiger partial charge < -0.3 is 15.0 Å². The Hall–Kier alpha value is -4.90. The first-order valence-electron chi connectivity index (χ1n) is 10.4. The normalized spacial score (nSPS) is 11.2. The maximum absolute atomic E-state index is 12.7. The summed E-state index contributed by atoms with van der Waals surface area (Å²) >= 11 is 0. The molecule has 0 aliphatic carbocycles. The molecule has 0 radical (unpaired) electrons. The number of aromatic hydroxyl groups is 1. The van der Waals surface area contributed by atoms with Crippen LogP contribution in [0, 0.1) is 28.4 Å². The van der Waals surface area contributed by atoms with E-state index >= 15 is 0 Å². The third kappa shape index (κ3) is 4.49. The minimum absolute atomic E-state index is 0.0276. The lowest BCUT2D eigenvalue weighted by molar-refractivity contribution is -0.384. The third-order valence-corrected chi connectivity index (χ3v) is 5.55. The van der Waals surface area contributed by atoms with E-state index in [1.54, 1.807) is 30.3 Å². The Labute approximate surface area is 195 Å². The van der Waals surface area contributed by atoms with Gasteiger partial charge in [0.1, 0.15) is 17.4 Å². The van der Waals surface area contributed by atoms with Crippen LogP contribution in [0.15, 0.2) is 78.4 Å². The van der Waals surface area contributed by atoms with E-state index in [4.69, 9.17) is 0 Å². The second-order valence-corrected chi connectivity index (χ2v) is 7.70. The van der Waals surface area contributed by atoms with Crippen molar-refractivity contribution >= 4 is 34.3 Å². The molecule has 8 heteroatoms. The van der Waals surface area contributed by atoms with Crippen LogP contribution >= 0.6 is 0 Å². The molecule has 1 aromatic heterocycles. The number of phenolic OH excluding ortho intramolecular Hbond substituents is 1. The summed E-state index contributed by atoms with van der Waals surface area (Å²) < 4.78 is 2.05. The molecule has 3 aromatic carbocycles. The zero-order valence-electron chi connectivity index (χ0n) is 18.2. The maximum Gasteiger partial charge on any atom is 0.269 e. The molecule has 34 heavy (non-hydrogen) atoms. The second kappa shape index (κ2) is 9.30. The molecule has 168 valence electrons. The van der Waals surface area contributed by atoms with E-state index in [0.29, 0.717) is 12.2 Å². The molecule has 1 heterocycles. The lowest BCUT2D eigenvalue weighted by Gasteiger charge is -2.09. The van der Waals surface area contributed by atoms with Gasteiger partial charge in [0.15, 0.2) is 0 Å². The Balaban J connectivity index is 1.71. The predicted molar refractivity (Wildman–Crippen MR) is 129 cm³/mol. The van der Waals surface area contributed by atoms with Gasteiger partial charge in [0.2, 0.25) is 0 Å². The number of non-ortho nitro benzene ring substituents is 1. The summed E-state index contributed by atoms with van der Waals surface area (Å²) in [5.74, 6) is -0.481. The highest BCUT2D eigenvalue weighted by atomic mass is 16.6. The second-order valence-electron chi connectivity index (χ2n) is 7.70. The predicted octanol–water partition coefficient (Wildman–Crippen LogP) is 5.16. The van der Waals surface area contributed by atoms with Gasteiger partial charge in [-0.3, -0.25) is 14.9 Å². The summed E-state index contributed by atoms with van der Waals surface area (Å²) in [6.45, 7) is 2.38. The number of hydrogen-bond acceptors (Lipinski definition) is 5. The SMILES string of the molecule is Cc1c(/C=C(/C#N)C(=O)Nc2ccc(O)cc2)c2ccccc2n1Cc1ccc([N+](=O)[O-])cc1. The smallest absolute Gasteiger partial charge is 0.269 e. The van der Waals surface area contributed by atoms with Gasteiger partial charge in [0.25, 0.3) is 11.6 Å².